The molecule has 5 N–H and O–H groups in total. The number of nitrogens with zero attached hydrogens (tertiary/aromatic N) is 5. The molecule has 0 amide bonds. The zero-order valence-corrected chi connectivity index (χ0v) is 24.9. The molecule has 0 bridgehead atoms. The molecule has 0 unspecified atom stereocenters. The molecule has 0 aliphatic rings. The number of aromatic amines is 1. The number of anilines is 4. The minimum atomic E-state index is -3.95. The fourth-order valence-corrected chi connectivity index (χ4v) is 5.53. The molecule has 6 aromatic rings. The van der Waals surface area contributed by atoms with Crippen molar-refractivity contribution in [2.45, 2.75) is 25.3 Å². The van der Waals surface area contributed by atoms with Crippen LogP contribution in [0.1, 0.15) is 17.0 Å². The largest absolute Gasteiger partial charge is 0.508 e. The van der Waals surface area contributed by atoms with E-state index in [-0.39, 0.29) is 39.5 Å². The van der Waals surface area contributed by atoms with E-state index >= 15 is 0 Å². The van der Waals surface area contributed by atoms with E-state index in [0.29, 0.717) is 34.9 Å². The van der Waals surface area contributed by atoms with E-state index in [4.69, 9.17) is 0 Å². The first kappa shape index (κ1) is 29.2. The second-order valence-corrected chi connectivity index (χ2v) is 11.8. The first-order chi connectivity index (χ1) is 21.6. The number of aromatic nitrogens is 6. The highest BCUT2D eigenvalue weighted by Crippen LogP contribution is 2.27. The van der Waals surface area contributed by atoms with Gasteiger partial charge < -0.3 is 15.7 Å². The summed E-state index contributed by atoms with van der Waals surface area (Å²) in [6.07, 6.45) is 0. The lowest BCUT2D eigenvalue weighted by atomic mass is 10.1. The summed E-state index contributed by atoms with van der Waals surface area (Å²) in [4.78, 5) is 38.0. The van der Waals surface area contributed by atoms with Gasteiger partial charge in [-0.2, -0.15) is 9.97 Å². The van der Waals surface area contributed by atoms with E-state index in [1.807, 2.05) is 30.3 Å². The van der Waals surface area contributed by atoms with Crippen molar-refractivity contribution >= 4 is 44.6 Å². The third-order valence-corrected chi connectivity index (χ3v) is 7.98. The van der Waals surface area contributed by atoms with Gasteiger partial charge in [-0.05, 0) is 74.0 Å². The number of phenolic OH excluding ortho intramolecular Hbond substituents is 1. The molecule has 0 spiro atoms. The van der Waals surface area contributed by atoms with Crippen LogP contribution in [0.5, 0.6) is 5.75 Å². The zero-order valence-electron chi connectivity index (χ0n) is 24.1. The maximum atomic E-state index is 13.4. The first-order valence-electron chi connectivity index (χ1n) is 13.7. The van der Waals surface area contributed by atoms with Gasteiger partial charge in [-0.15, -0.1) is 0 Å². The van der Waals surface area contributed by atoms with Gasteiger partial charge in [0.1, 0.15) is 11.1 Å². The number of fused-ring (bicyclic) bond motifs is 1. The van der Waals surface area contributed by atoms with Crippen molar-refractivity contribution in [3.8, 4) is 17.0 Å². The van der Waals surface area contributed by atoms with Gasteiger partial charge in [0.25, 0.3) is 15.6 Å². The first-order valence-corrected chi connectivity index (χ1v) is 15.2. The van der Waals surface area contributed by atoms with Crippen LogP contribution in [0.15, 0.2) is 94.6 Å². The number of hydrogen-bond donors (Lipinski definition) is 5. The predicted octanol–water partition coefficient (Wildman–Crippen LogP) is 4.65. The quantitative estimate of drug-likeness (QED) is 0.151. The number of rotatable bonds is 9. The van der Waals surface area contributed by atoms with Crippen LogP contribution in [0.25, 0.3) is 22.3 Å². The Bertz CT molecular complexity index is 2150. The SMILES string of the molecule is Cc1cc(C)nc(NS(=O)(=O)c2ccc(Nc3nc4nc(NCc5ccccc5)nc(-c5ccc(O)cc5)c4c(=O)[nH]3)cc2)n1. The Hall–Kier alpha value is -5.89. The average Bonchev–Trinajstić information content (AvgIpc) is 3.00. The van der Waals surface area contributed by atoms with Crippen molar-refractivity contribution in [3.63, 3.8) is 0 Å². The topological polar surface area (TPSA) is 188 Å². The van der Waals surface area contributed by atoms with Crippen LogP contribution in [-0.4, -0.2) is 43.4 Å². The fourth-order valence-electron chi connectivity index (χ4n) is 4.59. The fraction of sp³-hybridized carbons (Fsp3) is 0.0968. The molecule has 0 fully saturated rings. The van der Waals surface area contributed by atoms with E-state index in [2.05, 4.69) is 45.3 Å². The summed E-state index contributed by atoms with van der Waals surface area (Å²) in [5.74, 6) is 0.410. The molecule has 0 saturated carbocycles. The molecule has 226 valence electrons. The average molecular weight is 622 g/mol. The molecule has 0 saturated heterocycles. The van der Waals surface area contributed by atoms with Crippen molar-refractivity contribution in [1.82, 2.24) is 29.9 Å². The molecule has 3 aromatic carbocycles. The number of phenols is 1. The number of nitrogens with one attached hydrogen (secondary N) is 4. The maximum Gasteiger partial charge on any atom is 0.264 e. The lowest BCUT2D eigenvalue weighted by Gasteiger charge is -2.12. The summed E-state index contributed by atoms with van der Waals surface area (Å²) in [5.41, 5.74) is 3.32. The van der Waals surface area contributed by atoms with Crippen LogP contribution in [0, 0.1) is 13.8 Å². The van der Waals surface area contributed by atoms with Crippen LogP contribution < -0.4 is 20.9 Å². The molecule has 14 heteroatoms. The Morgan fingerprint density at radius 1 is 0.800 bits per heavy atom. The third kappa shape index (κ3) is 6.70. The molecule has 3 heterocycles. The van der Waals surface area contributed by atoms with Gasteiger partial charge in [0.05, 0.1) is 10.6 Å². The second-order valence-electron chi connectivity index (χ2n) is 10.1. The van der Waals surface area contributed by atoms with Crippen molar-refractivity contribution in [2.75, 3.05) is 15.4 Å². The number of benzene rings is 3. The summed E-state index contributed by atoms with van der Waals surface area (Å²) in [7, 11) is -3.95. The number of aromatic hydroxyl groups is 1. The van der Waals surface area contributed by atoms with Gasteiger partial charge in [0.2, 0.25) is 17.8 Å². The second kappa shape index (κ2) is 12.0. The Morgan fingerprint density at radius 3 is 2.18 bits per heavy atom. The summed E-state index contributed by atoms with van der Waals surface area (Å²) in [6.45, 7) is 3.94. The third-order valence-electron chi connectivity index (χ3n) is 6.64. The van der Waals surface area contributed by atoms with Gasteiger partial charge in [0.15, 0.2) is 5.65 Å². The molecule has 6 rings (SSSR count). The minimum Gasteiger partial charge on any atom is -0.508 e. The highest BCUT2D eigenvalue weighted by Gasteiger charge is 2.18. The van der Waals surface area contributed by atoms with E-state index in [0.717, 1.165) is 5.56 Å². The van der Waals surface area contributed by atoms with E-state index in [1.165, 1.54) is 36.4 Å². The van der Waals surface area contributed by atoms with Crippen LogP contribution >= 0.6 is 0 Å². The van der Waals surface area contributed by atoms with E-state index in [1.54, 1.807) is 32.0 Å². The lowest BCUT2D eigenvalue weighted by Crippen LogP contribution is -2.16. The van der Waals surface area contributed by atoms with Gasteiger partial charge in [-0.3, -0.25) is 9.78 Å². The molecular weight excluding hydrogens is 594 g/mol. The molecule has 13 nitrogen and oxygen atoms in total. The van der Waals surface area contributed by atoms with Crippen LogP contribution in [0.4, 0.5) is 23.5 Å². The maximum absolute atomic E-state index is 13.4. The highest BCUT2D eigenvalue weighted by molar-refractivity contribution is 7.92. The van der Waals surface area contributed by atoms with Gasteiger partial charge in [-0.25, -0.2) is 28.1 Å². The van der Waals surface area contributed by atoms with Crippen molar-refractivity contribution in [2.24, 2.45) is 0 Å². The van der Waals surface area contributed by atoms with Crippen LogP contribution in [-0.2, 0) is 16.6 Å². The Morgan fingerprint density at radius 2 is 1.49 bits per heavy atom. The zero-order chi connectivity index (χ0) is 31.6. The molecule has 0 aliphatic heterocycles. The Labute approximate surface area is 257 Å². The highest BCUT2D eigenvalue weighted by atomic mass is 32.2. The molecular formula is C31H27N9O4S. The van der Waals surface area contributed by atoms with E-state index < -0.39 is 15.6 Å². The smallest absolute Gasteiger partial charge is 0.264 e. The van der Waals surface area contributed by atoms with Gasteiger partial charge in [-0.1, -0.05) is 30.3 Å². The standard InChI is InChI=1S/C31H27N9O4S/c1-18-16-19(2)34-31(33-18)40-45(43,44)24-14-10-22(11-15-24)35-30-38-27-25(28(42)39-30)26(21-8-12-23(41)13-9-21)36-29(37-27)32-17-20-6-4-3-5-7-20/h3-16,41H,17H2,1-2H3,(H,33,34,40)(H3,32,35,36,37,38,39,42). The molecule has 0 aliphatic carbocycles. The molecule has 0 atom stereocenters. The normalized spacial score (nSPS) is 11.3. The lowest BCUT2D eigenvalue weighted by molar-refractivity contribution is 0.475. The molecule has 3 aromatic heterocycles. The minimum absolute atomic E-state index is 0.00353. The number of aryl methyl sites for hydroxylation is 2. The number of sulfonamides is 1. The Balaban J connectivity index is 1.30. The van der Waals surface area contributed by atoms with Crippen molar-refractivity contribution in [1.29, 1.82) is 0 Å². The monoisotopic (exact) mass is 621 g/mol. The number of hydrogen-bond acceptors (Lipinski definition) is 11. The van der Waals surface area contributed by atoms with Crippen molar-refractivity contribution < 1.29 is 13.5 Å². The summed E-state index contributed by atoms with van der Waals surface area (Å²) < 4.78 is 28.2. The Kier molecular flexibility index (Phi) is 7.79. The van der Waals surface area contributed by atoms with Gasteiger partial charge >= 0.3 is 0 Å². The summed E-state index contributed by atoms with van der Waals surface area (Å²) in [6, 6.07) is 23.7. The predicted molar refractivity (Wildman–Crippen MR) is 171 cm³/mol. The van der Waals surface area contributed by atoms with E-state index in [9.17, 15) is 18.3 Å². The summed E-state index contributed by atoms with van der Waals surface area (Å²) >= 11 is 0. The molecule has 45 heavy (non-hydrogen) atoms. The van der Waals surface area contributed by atoms with Crippen LogP contribution in [0.2, 0.25) is 0 Å². The van der Waals surface area contributed by atoms with Crippen LogP contribution in [0.3, 0.4) is 0 Å². The van der Waals surface area contributed by atoms with Gasteiger partial charge in [0, 0.05) is 29.2 Å². The summed E-state index contributed by atoms with van der Waals surface area (Å²) in [5, 5.41) is 16.1. The molecule has 0 radical (unpaired) electrons. The number of H-pyrrole nitrogens is 1. The van der Waals surface area contributed by atoms with Crippen molar-refractivity contribution in [3.05, 3.63) is 112 Å².